The molecule has 1 heterocycles. The molecule has 62 heavy (non-hydrogen) atoms. The highest BCUT2D eigenvalue weighted by molar-refractivity contribution is 8.77. The van der Waals surface area contributed by atoms with Crippen molar-refractivity contribution in [2.24, 2.45) is 11.8 Å². The maximum atomic E-state index is 13.2. The molecule has 358 valence electrons. The SMILES string of the molecule is CCCCCCCCC(CCCCCC)C(=O)OCCCCCOC(=O)CC(SSc1ccccn1)C(=O)OCCCCCOC(=O)C(CCCCCC)CCCCCCCC. The van der Waals surface area contributed by atoms with Crippen LogP contribution in [0, 0.1) is 11.8 Å². The first-order valence-corrected chi connectivity index (χ1v) is 27.5. The van der Waals surface area contributed by atoms with Crippen molar-refractivity contribution in [3.63, 3.8) is 0 Å². The Labute approximate surface area is 386 Å². The molecule has 11 heteroatoms. The average molecular weight is 908 g/mol. The number of hydrogen-bond donors (Lipinski definition) is 0. The van der Waals surface area contributed by atoms with Gasteiger partial charge in [0.05, 0.1) is 44.7 Å². The van der Waals surface area contributed by atoms with Crippen LogP contribution in [0.15, 0.2) is 29.4 Å². The maximum Gasteiger partial charge on any atom is 0.320 e. The minimum Gasteiger partial charge on any atom is -0.466 e. The molecule has 0 aliphatic rings. The van der Waals surface area contributed by atoms with E-state index in [9.17, 15) is 19.2 Å². The molecule has 3 unspecified atom stereocenters. The van der Waals surface area contributed by atoms with Crippen LogP contribution in [0.5, 0.6) is 0 Å². The number of carbonyl (C=O) groups is 4. The first-order valence-electron chi connectivity index (χ1n) is 25.3. The van der Waals surface area contributed by atoms with Crippen LogP contribution in [0.2, 0.25) is 0 Å². The van der Waals surface area contributed by atoms with Gasteiger partial charge in [-0.25, -0.2) is 4.98 Å². The van der Waals surface area contributed by atoms with Gasteiger partial charge in [-0.3, -0.25) is 19.2 Å². The molecule has 0 fully saturated rings. The summed E-state index contributed by atoms with van der Waals surface area (Å²) in [7, 11) is 2.58. The number of rotatable bonds is 44. The van der Waals surface area contributed by atoms with Crippen molar-refractivity contribution < 1.29 is 38.1 Å². The smallest absolute Gasteiger partial charge is 0.320 e. The van der Waals surface area contributed by atoms with Gasteiger partial charge in [-0.15, -0.1) is 0 Å². The van der Waals surface area contributed by atoms with Gasteiger partial charge in [-0.1, -0.05) is 173 Å². The molecule has 0 spiro atoms. The summed E-state index contributed by atoms with van der Waals surface area (Å²) in [5.74, 6) is -1.04. The molecule has 0 N–H and O–H groups in total. The van der Waals surface area contributed by atoms with Crippen molar-refractivity contribution in [1.29, 1.82) is 0 Å². The van der Waals surface area contributed by atoms with Gasteiger partial charge in [-0.05, 0) is 87.1 Å². The summed E-state index contributed by atoms with van der Waals surface area (Å²) in [5, 5.41) is -0.0126. The number of carbonyl (C=O) groups excluding carboxylic acids is 4. The minimum atomic E-state index is -0.748. The van der Waals surface area contributed by atoms with Crippen LogP contribution in [0.1, 0.15) is 227 Å². The fraction of sp³-hybridized carbons (Fsp3) is 0.824. The third kappa shape index (κ3) is 33.3. The summed E-state index contributed by atoms with van der Waals surface area (Å²) < 4.78 is 22.6. The zero-order valence-electron chi connectivity index (χ0n) is 39.8. The van der Waals surface area contributed by atoms with E-state index in [0.717, 1.165) is 82.1 Å². The molecule has 0 saturated heterocycles. The second-order valence-corrected chi connectivity index (χ2v) is 19.5. The quantitative estimate of drug-likeness (QED) is 0.0269. The van der Waals surface area contributed by atoms with E-state index in [1.807, 2.05) is 18.2 Å². The van der Waals surface area contributed by atoms with E-state index < -0.39 is 17.2 Å². The normalized spacial score (nSPS) is 12.7. The molecule has 0 aromatic carbocycles. The largest absolute Gasteiger partial charge is 0.466 e. The number of aromatic nitrogens is 1. The van der Waals surface area contributed by atoms with Gasteiger partial charge in [0.2, 0.25) is 0 Å². The standard InChI is InChI=1S/C51H89NO8S2/c1-5-9-13-17-19-25-35-44(33-23-15-11-7-3)49(54)58-40-30-21-29-39-57-48(53)43-46(61-62-47-37-27-28-38-52-47)51(56)60-42-32-22-31-41-59-50(55)45(34-24-16-12-8-4)36-26-20-18-14-10-6-2/h27-28,37-38,44-46H,5-26,29-36,39-43H2,1-4H3. The number of esters is 4. The predicted molar refractivity (Wildman–Crippen MR) is 258 cm³/mol. The Morgan fingerprint density at radius 1 is 0.468 bits per heavy atom. The van der Waals surface area contributed by atoms with Crippen molar-refractivity contribution in [3.8, 4) is 0 Å². The summed E-state index contributed by atoms with van der Waals surface area (Å²) in [6, 6.07) is 5.56. The first-order chi connectivity index (χ1) is 30.4. The van der Waals surface area contributed by atoms with Gasteiger partial charge < -0.3 is 18.9 Å². The molecule has 9 nitrogen and oxygen atoms in total. The Morgan fingerprint density at radius 2 is 0.839 bits per heavy atom. The Kier molecular flexibility index (Phi) is 39.7. The van der Waals surface area contributed by atoms with E-state index in [2.05, 4.69) is 32.7 Å². The molecule has 0 saturated carbocycles. The van der Waals surface area contributed by atoms with E-state index in [1.54, 1.807) is 6.20 Å². The lowest BCUT2D eigenvalue weighted by Gasteiger charge is -2.16. The van der Waals surface area contributed by atoms with E-state index in [4.69, 9.17) is 18.9 Å². The van der Waals surface area contributed by atoms with Gasteiger partial charge in [0, 0.05) is 6.20 Å². The predicted octanol–water partition coefficient (Wildman–Crippen LogP) is 14.8. The highest BCUT2D eigenvalue weighted by Crippen LogP contribution is 2.35. The van der Waals surface area contributed by atoms with Crippen molar-refractivity contribution in [2.75, 3.05) is 26.4 Å². The lowest BCUT2D eigenvalue weighted by atomic mass is 9.94. The molecule has 0 bridgehead atoms. The van der Waals surface area contributed by atoms with Crippen LogP contribution in [0.4, 0.5) is 0 Å². The highest BCUT2D eigenvalue weighted by Gasteiger charge is 2.26. The number of hydrogen-bond acceptors (Lipinski definition) is 11. The van der Waals surface area contributed by atoms with Gasteiger partial charge >= 0.3 is 23.9 Å². The Bertz CT molecular complexity index is 1220. The monoisotopic (exact) mass is 908 g/mol. The van der Waals surface area contributed by atoms with Crippen LogP contribution in [-0.2, 0) is 38.1 Å². The second-order valence-electron chi connectivity index (χ2n) is 17.1. The zero-order chi connectivity index (χ0) is 45.1. The molecular weight excluding hydrogens is 819 g/mol. The first kappa shape index (κ1) is 57.7. The topological polar surface area (TPSA) is 118 Å². The third-order valence-corrected chi connectivity index (χ3v) is 14.0. The molecule has 0 aliphatic carbocycles. The lowest BCUT2D eigenvalue weighted by molar-refractivity contribution is -0.150. The van der Waals surface area contributed by atoms with Crippen molar-refractivity contribution >= 4 is 45.5 Å². The molecule has 3 atom stereocenters. The Hall–Kier alpha value is -2.27. The summed E-state index contributed by atoms with van der Waals surface area (Å²) in [4.78, 5) is 56.3. The van der Waals surface area contributed by atoms with E-state index in [0.29, 0.717) is 32.5 Å². The second kappa shape index (κ2) is 42.7. The summed E-state index contributed by atoms with van der Waals surface area (Å²) in [5.41, 5.74) is 0. The molecule has 1 rings (SSSR count). The van der Waals surface area contributed by atoms with Crippen LogP contribution in [0.3, 0.4) is 0 Å². The number of ether oxygens (including phenoxy) is 4. The third-order valence-electron chi connectivity index (χ3n) is 11.4. The fourth-order valence-corrected chi connectivity index (χ4v) is 9.59. The molecular formula is C51H89NO8S2. The van der Waals surface area contributed by atoms with Crippen LogP contribution in [-0.4, -0.2) is 60.5 Å². The zero-order valence-corrected chi connectivity index (χ0v) is 41.5. The van der Waals surface area contributed by atoms with Gasteiger partial charge in [0.15, 0.2) is 0 Å². The fourth-order valence-electron chi connectivity index (χ4n) is 7.40. The molecule has 1 aromatic rings. The van der Waals surface area contributed by atoms with Gasteiger partial charge in [0.25, 0.3) is 0 Å². The van der Waals surface area contributed by atoms with Crippen molar-refractivity contribution in [3.05, 3.63) is 24.4 Å². The van der Waals surface area contributed by atoms with Crippen LogP contribution >= 0.6 is 21.6 Å². The van der Waals surface area contributed by atoms with E-state index in [1.165, 1.54) is 118 Å². The molecule has 1 aromatic heterocycles. The summed E-state index contributed by atoms with van der Waals surface area (Å²) >= 11 is 0. The van der Waals surface area contributed by atoms with Crippen molar-refractivity contribution in [2.45, 2.75) is 237 Å². The van der Waals surface area contributed by atoms with Crippen LogP contribution in [0.25, 0.3) is 0 Å². The number of unbranched alkanes of at least 4 members (excludes halogenated alkanes) is 20. The van der Waals surface area contributed by atoms with E-state index >= 15 is 0 Å². The summed E-state index contributed by atoms with van der Waals surface area (Å²) in [6.45, 7) is 10.1. The molecule has 0 radical (unpaired) electrons. The van der Waals surface area contributed by atoms with E-state index in [-0.39, 0.29) is 43.4 Å². The number of pyridine rings is 1. The average Bonchev–Trinajstić information content (AvgIpc) is 3.28. The Morgan fingerprint density at radius 3 is 1.26 bits per heavy atom. The molecule has 0 amide bonds. The maximum absolute atomic E-state index is 13.2. The van der Waals surface area contributed by atoms with Gasteiger partial charge in [0.1, 0.15) is 10.3 Å². The van der Waals surface area contributed by atoms with Crippen LogP contribution < -0.4 is 0 Å². The number of nitrogens with zero attached hydrogens (tertiary/aromatic N) is 1. The lowest BCUT2D eigenvalue weighted by Crippen LogP contribution is -2.24. The summed E-state index contributed by atoms with van der Waals surface area (Å²) in [6.07, 6.45) is 33.4. The van der Waals surface area contributed by atoms with Gasteiger partial charge in [-0.2, -0.15) is 0 Å². The highest BCUT2D eigenvalue weighted by atomic mass is 33.1. The van der Waals surface area contributed by atoms with Crippen molar-refractivity contribution in [1.82, 2.24) is 4.98 Å². The minimum absolute atomic E-state index is 0.00825. The Balaban J connectivity index is 2.45. The molecule has 0 aliphatic heterocycles.